The van der Waals surface area contributed by atoms with Gasteiger partial charge in [0.15, 0.2) is 0 Å². The minimum absolute atomic E-state index is 0.0870. The molecule has 0 aromatic heterocycles. The largest absolute Gasteiger partial charge is 0.0622 e. The Balaban J connectivity index is 0.000000210. The summed E-state index contributed by atoms with van der Waals surface area (Å²) in [6, 6.07) is 104. The Morgan fingerprint density at radius 2 is 0.592 bits per heavy atom. The van der Waals surface area contributed by atoms with E-state index in [2.05, 4.69) is 302 Å². The minimum Gasteiger partial charge on any atom is -0.0622 e. The maximum atomic E-state index is 6.46. The molecule has 0 aliphatic carbocycles. The molecular formula is C65H54ClNP3Ru. The van der Waals surface area contributed by atoms with E-state index in [1.54, 1.807) is 0 Å². The van der Waals surface area contributed by atoms with E-state index in [9.17, 15) is 0 Å². The predicted molar refractivity (Wildman–Crippen MR) is 312 cm³/mol. The zero-order valence-electron chi connectivity index (χ0n) is 39.4. The third-order valence-electron chi connectivity index (χ3n) is 12.6. The van der Waals surface area contributed by atoms with Gasteiger partial charge in [0.05, 0.1) is 0 Å². The number of benzene rings is 11. The van der Waals surface area contributed by atoms with Gasteiger partial charge in [-0.25, -0.2) is 0 Å². The first kappa shape index (κ1) is 50.1. The second-order valence-electron chi connectivity index (χ2n) is 17.1. The van der Waals surface area contributed by atoms with Crippen LogP contribution in [-0.4, -0.2) is 6.04 Å². The maximum Gasteiger partial charge on any atom is -0.000884 e. The Morgan fingerprint density at radius 1 is 0.324 bits per heavy atom. The number of nitrogens with two attached hydrogens (primary N) is 1. The van der Waals surface area contributed by atoms with Crippen molar-refractivity contribution >= 4 is 97.4 Å². The zero-order chi connectivity index (χ0) is 48.8. The molecule has 11 rings (SSSR count). The van der Waals surface area contributed by atoms with Crippen molar-refractivity contribution in [1.82, 2.24) is 0 Å². The molecule has 11 aromatic rings. The second kappa shape index (κ2) is 25.0. The van der Waals surface area contributed by atoms with Crippen molar-refractivity contribution < 1.29 is 17.3 Å². The Labute approximate surface area is 437 Å². The molecule has 2 atom stereocenters. The van der Waals surface area contributed by atoms with Crippen LogP contribution in [0, 0.1) is 0 Å². The fourth-order valence-corrected chi connectivity index (χ4v) is 17.4. The molecule has 11 aromatic carbocycles. The molecule has 71 heavy (non-hydrogen) atoms. The monoisotopic (exact) mass is 1080 g/mol. The number of halogens is 1. The van der Waals surface area contributed by atoms with Gasteiger partial charge in [0.2, 0.25) is 0 Å². The molecule has 0 aliphatic rings. The van der Waals surface area contributed by atoms with Crippen molar-refractivity contribution in [3.63, 3.8) is 0 Å². The third-order valence-corrected chi connectivity index (χ3v) is 20.6. The summed E-state index contributed by atoms with van der Waals surface area (Å²) < 4.78 is 0. The smallest absolute Gasteiger partial charge is 0.000884 e. The van der Waals surface area contributed by atoms with E-state index in [-0.39, 0.29) is 6.04 Å². The van der Waals surface area contributed by atoms with E-state index in [1.165, 1.54) is 80.7 Å². The molecule has 0 radical (unpaired) electrons. The van der Waals surface area contributed by atoms with Crippen LogP contribution >= 0.6 is 33.5 Å². The van der Waals surface area contributed by atoms with Crippen molar-refractivity contribution in [2.45, 2.75) is 18.6 Å². The van der Waals surface area contributed by atoms with Crippen LogP contribution in [0.1, 0.15) is 18.1 Å². The molecule has 0 amide bonds. The van der Waals surface area contributed by atoms with E-state index in [0.717, 1.165) is 0 Å². The van der Waals surface area contributed by atoms with Gasteiger partial charge in [-0.2, -0.15) is 0 Å². The standard InChI is InChI=1S/C44H32P2.C21H22NP.ClH.Ru/c1-5-19-35(20-6-1)45(36-21-7-2-8-22-36)41-31-29-33-17-13-15-27-39(33)43(41)44-40-28-16-14-18-34(40)30-32-42(44)46(37-23-9-3-10-24-37)38-25-11-4-12-26-38;1-17(22)21(18-11-5-2-6-12-18)23(19-13-7-3-8-14-19)20-15-9-4-10-16-20;;/h1-32H;2-17,21H,22H2,1H3;1H;/q;;;+1/p-1/t;17-,21+;;/m.1../s1. The number of hydrogen-bond acceptors (Lipinski definition) is 1. The molecule has 0 heterocycles. The van der Waals surface area contributed by atoms with Gasteiger partial charge in [-0.1, -0.05) is 285 Å². The van der Waals surface area contributed by atoms with Gasteiger partial charge in [0.25, 0.3) is 0 Å². The molecule has 0 unspecified atom stereocenters. The fourth-order valence-electron chi connectivity index (χ4n) is 9.57. The SMILES string of the molecule is C[C@@H](N)[C@@H](c1ccccc1)P(c1ccccc1)c1ccccc1.[Cl][Ru].c1ccc(P(c2ccccc2)c2ccc3ccccc3c2-c2c(P(c3ccccc3)c3ccccc3)ccc3ccccc23)cc1. The molecule has 0 saturated carbocycles. The van der Waals surface area contributed by atoms with Crippen LogP contribution in [-0.2, 0) is 17.3 Å². The minimum atomic E-state index is -0.852. The summed E-state index contributed by atoms with van der Waals surface area (Å²) in [7, 11) is 2.31. The molecule has 0 spiro atoms. The Morgan fingerprint density at radius 3 is 0.901 bits per heavy atom. The Kier molecular flexibility index (Phi) is 17.6. The average molecular weight is 1080 g/mol. The molecule has 0 aliphatic heterocycles. The first-order valence-corrected chi connectivity index (χ1v) is 30.1. The summed E-state index contributed by atoms with van der Waals surface area (Å²) >= 11 is 1.82. The molecule has 6 heteroatoms. The second-order valence-corrected chi connectivity index (χ2v) is 23.8. The Bertz CT molecular complexity index is 3090. The number of rotatable bonds is 12. The van der Waals surface area contributed by atoms with Crippen LogP contribution in [0.4, 0.5) is 0 Å². The fraction of sp³-hybridized carbons (Fsp3) is 0.0462. The van der Waals surface area contributed by atoms with Gasteiger partial charge in [0, 0.05) is 11.7 Å². The maximum absolute atomic E-state index is 6.46. The summed E-state index contributed by atoms with van der Waals surface area (Å²) in [6.07, 6.45) is 0. The summed E-state index contributed by atoms with van der Waals surface area (Å²) in [5, 5.41) is 16.1. The summed E-state index contributed by atoms with van der Waals surface area (Å²) in [6.45, 7) is 2.12. The molecule has 1 nitrogen and oxygen atoms in total. The summed E-state index contributed by atoms with van der Waals surface area (Å²) in [4.78, 5) is 0. The first-order valence-electron chi connectivity index (χ1n) is 23.8. The van der Waals surface area contributed by atoms with Gasteiger partial charge in [-0.05, 0) is 111 Å². The molecule has 2 N–H and O–H groups in total. The number of hydrogen-bond donors (Lipinski definition) is 1. The molecule has 0 fully saturated rings. The zero-order valence-corrected chi connectivity index (χ0v) is 44.6. The van der Waals surface area contributed by atoms with Crippen molar-refractivity contribution in [3.05, 3.63) is 291 Å². The van der Waals surface area contributed by atoms with Crippen LogP contribution in [0.15, 0.2) is 285 Å². The van der Waals surface area contributed by atoms with Crippen LogP contribution in [0.25, 0.3) is 32.7 Å². The van der Waals surface area contributed by atoms with Crippen molar-refractivity contribution in [1.29, 1.82) is 0 Å². The van der Waals surface area contributed by atoms with Gasteiger partial charge < -0.3 is 5.73 Å². The number of fused-ring (bicyclic) bond motifs is 2. The predicted octanol–water partition coefficient (Wildman–Crippen LogP) is 14.1. The van der Waals surface area contributed by atoms with Crippen molar-refractivity contribution in [2.75, 3.05) is 0 Å². The van der Waals surface area contributed by atoms with E-state index in [4.69, 9.17) is 5.73 Å². The normalized spacial score (nSPS) is 11.9. The molecule has 0 saturated heterocycles. The van der Waals surface area contributed by atoms with E-state index in [1.807, 2.05) is 17.3 Å². The van der Waals surface area contributed by atoms with Gasteiger partial charge >= 0.3 is 27.0 Å². The van der Waals surface area contributed by atoms with Crippen LogP contribution in [0.5, 0.6) is 0 Å². The quantitative estimate of drug-likeness (QED) is 0.0958. The van der Waals surface area contributed by atoms with Crippen molar-refractivity contribution in [2.24, 2.45) is 5.73 Å². The van der Waals surface area contributed by atoms with E-state index in [0.29, 0.717) is 5.66 Å². The van der Waals surface area contributed by atoms with Gasteiger partial charge in [0.1, 0.15) is 0 Å². The molecule has 349 valence electrons. The summed E-state index contributed by atoms with van der Waals surface area (Å²) in [5.41, 5.74) is 10.8. The van der Waals surface area contributed by atoms with Gasteiger partial charge in [-0.15, -0.1) is 0 Å². The van der Waals surface area contributed by atoms with Crippen molar-refractivity contribution in [3.8, 4) is 11.1 Å². The molecule has 0 bridgehead atoms. The van der Waals surface area contributed by atoms with Gasteiger partial charge in [-0.3, -0.25) is 0 Å². The van der Waals surface area contributed by atoms with Crippen LogP contribution in [0.3, 0.4) is 0 Å². The average Bonchev–Trinajstić information content (AvgIpc) is 3.45. The summed E-state index contributed by atoms with van der Waals surface area (Å²) in [5.74, 6) is 0. The van der Waals surface area contributed by atoms with Crippen LogP contribution < -0.4 is 48.2 Å². The van der Waals surface area contributed by atoms with Crippen LogP contribution in [0.2, 0.25) is 0 Å². The van der Waals surface area contributed by atoms with E-state index < -0.39 is 23.8 Å². The Hall–Kier alpha value is -5.90. The van der Waals surface area contributed by atoms with E-state index >= 15 is 0 Å². The molecular weight excluding hydrogens is 1020 g/mol. The topological polar surface area (TPSA) is 26.0 Å². The first-order chi connectivity index (χ1) is 35.1. The third kappa shape index (κ3) is 11.6.